The van der Waals surface area contributed by atoms with Crippen LogP contribution < -0.4 is 28.5 Å². The number of carboxylic acids is 1. The third-order valence-corrected chi connectivity index (χ3v) is 2.85. The number of hydrogen-bond acceptors (Lipinski definition) is 2. The first-order valence-corrected chi connectivity index (χ1v) is 5.71. The Labute approximate surface area is 128 Å². The third-order valence-electron chi connectivity index (χ3n) is 2.85. The maximum atomic E-state index is 10.6. The largest absolute Gasteiger partial charge is 1.00 e. The van der Waals surface area contributed by atoms with Crippen LogP contribution in [0.15, 0.2) is 36.5 Å². The number of nitriles is 1. The molecule has 0 aliphatic carbocycles. The summed E-state index contributed by atoms with van der Waals surface area (Å²) in [6.07, 6.45) is 2.30. The Balaban J connectivity index is 0.00000180. The molecule has 2 aromatic rings. The number of rotatable bonds is 4. The molecule has 0 atom stereocenters. The van der Waals surface area contributed by atoms with E-state index in [1.165, 1.54) is 0 Å². The van der Waals surface area contributed by atoms with E-state index in [4.69, 9.17) is 10.4 Å². The summed E-state index contributed by atoms with van der Waals surface area (Å²) in [7, 11) is 0. The van der Waals surface area contributed by atoms with Gasteiger partial charge in [0.05, 0.1) is 17.9 Å². The first-order valence-electron chi connectivity index (χ1n) is 5.71. The fourth-order valence-electron chi connectivity index (χ4n) is 2.00. The maximum Gasteiger partial charge on any atom is 0.309 e. The zero-order chi connectivity index (χ0) is 13.0. The van der Waals surface area contributed by atoms with E-state index in [0.29, 0.717) is 13.0 Å². The second-order valence-corrected chi connectivity index (χ2v) is 4.03. The molecule has 1 N–H and O–H groups in total. The quantitative estimate of drug-likeness (QED) is 0.538. The van der Waals surface area contributed by atoms with Crippen molar-refractivity contribution in [3.63, 3.8) is 0 Å². The Hall–Kier alpha value is -1.68. The summed E-state index contributed by atoms with van der Waals surface area (Å²) in [5, 5.41) is 18.5. The van der Waals surface area contributed by atoms with Gasteiger partial charge in [-0.2, -0.15) is 9.83 Å². The van der Waals surface area contributed by atoms with Crippen molar-refractivity contribution in [2.45, 2.75) is 19.4 Å². The highest BCUT2D eigenvalue weighted by molar-refractivity contribution is 5.79. The van der Waals surface area contributed by atoms with Crippen molar-refractivity contribution >= 4 is 16.9 Å². The number of aliphatic carboxylic acids is 1. The van der Waals surface area contributed by atoms with Gasteiger partial charge in [0.2, 0.25) is 5.52 Å². The van der Waals surface area contributed by atoms with Crippen LogP contribution in [0.3, 0.4) is 0 Å². The molecule has 19 heavy (non-hydrogen) atoms. The third kappa shape index (κ3) is 3.64. The molecule has 5 heteroatoms. The monoisotopic (exact) mass is 368 g/mol. The molecule has 1 aromatic heterocycles. The smallest absolute Gasteiger partial charge is 0.309 e. The summed E-state index contributed by atoms with van der Waals surface area (Å²) in [5.41, 5.74) is 1.94. The Bertz CT molecular complexity index is 635. The number of halogens is 1. The second-order valence-electron chi connectivity index (χ2n) is 4.03. The topological polar surface area (TPSA) is 65.0 Å². The normalized spacial score (nSPS) is 9.63. The number of aromatic nitrogens is 1. The number of aryl methyl sites for hydroxylation is 1. The Morgan fingerprint density at radius 2 is 2.05 bits per heavy atom. The van der Waals surface area contributed by atoms with Gasteiger partial charge in [0.25, 0.3) is 0 Å². The summed E-state index contributed by atoms with van der Waals surface area (Å²) in [6.45, 7) is 0.433. The maximum absolute atomic E-state index is 10.6. The van der Waals surface area contributed by atoms with Gasteiger partial charge < -0.3 is 29.1 Å². The molecule has 0 unspecified atom stereocenters. The molecule has 1 heterocycles. The lowest BCUT2D eigenvalue weighted by atomic mass is 10.1. The average molecular weight is 368 g/mol. The van der Waals surface area contributed by atoms with Gasteiger partial charge >= 0.3 is 5.97 Å². The molecule has 0 fully saturated rings. The zero-order valence-corrected chi connectivity index (χ0v) is 12.4. The van der Waals surface area contributed by atoms with Gasteiger partial charge in [-0.05, 0) is 11.6 Å². The number of pyridine rings is 1. The molecule has 0 radical (unpaired) electrons. The van der Waals surface area contributed by atoms with Crippen molar-refractivity contribution in [3.8, 4) is 6.07 Å². The summed E-state index contributed by atoms with van der Waals surface area (Å²) >= 11 is 0. The number of fused-ring (bicyclic) bond motifs is 1. The van der Waals surface area contributed by atoms with E-state index in [9.17, 15) is 4.79 Å². The van der Waals surface area contributed by atoms with Crippen molar-refractivity contribution in [2.24, 2.45) is 0 Å². The summed E-state index contributed by atoms with van der Waals surface area (Å²) in [4.78, 5) is 10.6. The minimum atomic E-state index is -0.812. The van der Waals surface area contributed by atoms with Gasteiger partial charge in [-0.25, -0.2) is 0 Å². The predicted molar refractivity (Wildman–Crippen MR) is 65.7 cm³/mol. The highest BCUT2D eigenvalue weighted by atomic mass is 127. The summed E-state index contributed by atoms with van der Waals surface area (Å²) < 4.78 is 1.91. The first kappa shape index (κ1) is 15.4. The van der Waals surface area contributed by atoms with E-state index in [0.717, 1.165) is 16.5 Å². The predicted octanol–water partition coefficient (Wildman–Crippen LogP) is -1.33. The van der Waals surface area contributed by atoms with Crippen LogP contribution in [0.5, 0.6) is 0 Å². The van der Waals surface area contributed by atoms with Crippen molar-refractivity contribution in [2.75, 3.05) is 0 Å². The molecule has 0 saturated heterocycles. The van der Waals surface area contributed by atoms with E-state index < -0.39 is 5.97 Å². The molecule has 0 saturated carbocycles. The second kappa shape index (κ2) is 7.04. The number of hydrogen-bond donors (Lipinski definition) is 1. The number of carbonyl (C=O) groups is 1. The highest BCUT2D eigenvalue weighted by Crippen LogP contribution is 2.15. The van der Waals surface area contributed by atoms with E-state index in [1.807, 2.05) is 41.1 Å². The van der Waals surface area contributed by atoms with Crippen LogP contribution in [-0.4, -0.2) is 11.1 Å². The molecule has 2 rings (SSSR count). The first-order chi connectivity index (χ1) is 8.72. The molecule has 98 valence electrons. The summed E-state index contributed by atoms with van der Waals surface area (Å²) in [6, 6.07) is 11.8. The van der Waals surface area contributed by atoms with Crippen molar-refractivity contribution in [3.05, 3.63) is 42.1 Å². The number of benzene rings is 1. The lowest BCUT2D eigenvalue weighted by molar-refractivity contribution is -0.670. The van der Waals surface area contributed by atoms with Crippen LogP contribution >= 0.6 is 0 Å². The summed E-state index contributed by atoms with van der Waals surface area (Å²) in [5.74, 6) is -0.812. The van der Waals surface area contributed by atoms with E-state index >= 15 is 0 Å². The molecule has 4 nitrogen and oxygen atoms in total. The zero-order valence-electron chi connectivity index (χ0n) is 10.2. The SMILES string of the molecule is N#CCc1cc[n+](CCC(=O)O)c2ccccc12.[I-]. The Morgan fingerprint density at radius 3 is 2.74 bits per heavy atom. The number of nitrogens with zero attached hydrogens (tertiary/aromatic N) is 2. The fraction of sp³-hybridized carbons (Fsp3) is 0.214. The van der Waals surface area contributed by atoms with Crippen LogP contribution in [0, 0.1) is 11.3 Å². The van der Waals surface area contributed by atoms with E-state index in [1.54, 1.807) is 0 Å². The number of carboxylic acid groups (broad SMARTS) is 1. The van der Waals surface area contributed by atoms with Gasteiger partial charge in [-0.1, -0.05) is 12.1 Å². The van der Waals surface area contributed by atoms with Crippen molar-refractivity contribution in [1.82, 2.24) is 0 Å². The molecule has 0 amide bonds. The molecule has 1 aromatic carbocycles. The van der Waals surface area contributed by atoms with Crippen LogP contribution in [0.25, 0.3) is 10.9 Å². The van der Waals surface area contributed by atoms with Gasteiger partial charge in [0.1, 0.15) is 6.42 Å². The average Bonchev–Trinajstić information content (AvgIpc) is 2.38. The molecule has 0 bridgehead atoms. The Kier molecular flexibility index (Phi) is 5.70. The Morgan fingerprint density at radius 1 is 1.32 bits per heavy atom. The van der Waals surface area contributed by atoms with E-state index in [-0.39, 0.29) is 30.4 Å². The molecule has 0 spiro atoms. The molecular formula is C14H13IN2O2. The van der Waals surface area contributed by atoms with Gasteiger partial charge in [-0.15, -0.1) is 0 Å². The molecular weight excluding hydrogens is 355 g/mol. The van der Waals surface area contributed by atoms with Crippen LogP contribution in [0.1, 0.15) is 12.0 Å². The van der Waals surface area contributed by atoms with Gasteiger partial charge in [0, 0.05) is 12.1 Å². The standard InChI is InChI=1S/C14H12N2O2.HI/c15-8-5-11-6-9-16(10-7-14(17)18)13-4-2-1-3-12(11)13;/h1-4,6,9H,5,7,10H2;1H. The van der Waals surface area contributed by atoms with Gasteiger partial charge in [-0.3, -0.25) is 4.79 Å². The van der Waals surface area contributed by atoms with Crippen molar-refractivity contribution in [1.29, 1.82) is 5.26 Å². The number of para-hydroxylation sites is 1. The molecule has 0 aliphatic rings. The lowest BCUT2D eigenvalue weighted by Gasteiger charge is -2.03. The van der Waals surface area contributed by atoms with Crippen LogP contribution in [0.4, 0.5) is 0 Å². The highest BCUT2D eigenvalue weighted by Gasteiger charge is 2.12. The van der Waals surface area contributed by atoms with Crippen LogP contribution in [0.2, 0.25) is 0 Å². The fourth-order valence-corrected chi connectivity index (χ4v) is 2.00. The van der Waals surface area contributed by atoms with E-state index in [2.05, 4.69) is 6.07 Å². The molecule has 0 aliphatic heterocycles. The minimum Gasteiger partial charge on any atom is -1.00 e. The van der Waals surface area contributed by atoms with Crippen molar-refractivity contribution < 1.29 is 38.4 Å². The van der Waals surface area contributed by atoms with Crippen LogP contribution in [-0.2, 0) is 17.8 Å². The minimum absolute atomic E-state index is 0. The lowest BCUT2D eigenvalue weighted by Crippen LogP contribution is -3.00. The van der Waals surface area contributed by atoms with Gasteiger partial charge in [0.15, 0.2) is 12.7 Å².